The monoisotopic (exact) mass is 277 g/mol. The van der Waals surface area contributed by atoms with Crippen LogP contribution in [0, 0.1) is 12.8 Å². The molecule has 0 saturated heterocycles. The predicted octanol–water partition coefficient (Wildman–Crippen LogP) is 3.33. The maximum atomic E-state index is 11.6. The highest BCUT2D eigenvalue weighted by atomic mass is 16.6. The van der Waals surface area contributed by atoms with Crippen LogP contribution in [0.15, 0.2) is 18.2 Å². The average Bonchev–Trinajstić information content (AvgIpc) is 3.07. The van der Waals surface area contributed by atoms with E-state index in [4.69, 9.17) is 4.74 Å². The van der Waals surface area contributed by atoms with Gasteiger partial charge in [0.2, 0.25) is 0 Å². The van der Waals surface area contributed by atoms with Crippen LogP contribution >= 0.6 is 0 Å². The minimum atomic E-state index is -0.470. The van der Waals surface area contributed by atoms with E-state index in [0.717, 1.165) is 17.5 Å². The Balaban J connectivity index is 1.84. The van der Waals surface area contributed by atoms with Crippen molar-refractivity contribution in [2.75, 3.05) is 6.54 Å². The standard InChI is InChI=1S/C16H23NO3/c1-10-5-6-14(18)13(7-10)12-8-11(12)9-17-15(19)20-16(2,3)4/h5-7,11-12,18H,8-9H2,1-4H3,(H,17,19). The Kier molecular flexibility index (Phi) is 3.93. The van der Waals surface area contributed by atoms with Gasteiger partial charge in [0.25, 0.3) is 0 Å². The number of hydrogen-bond donors (Lipinski definition) is 2. The topological polar surface area (TPSA) is 58.6 Å². The highest BCUT2D eigenvalue weighted by molar-refractivity contribution is 5.67. The van der Waals surface area contributed by atoms with Crippen molar-refractivity contribution in [3.05, 3.63) is 29.3 Å². The third kappa shape index (κ3) is 3.89. The van der Waals surface area contributed by atoms with Gasteiger partial charge in [-0.05, 0) is 57.6 Å². The largest absolute Gasteiger partial charge is 0.508 e. The summed E-state index contributed by atoms with van der Waals surface area (Å²) in [6, 6.07) is 5.66. The number of alkyl carbamates (subject to hydrolysis) is 1. The van der Waals surface area contributed by atoms with Crippen LogP contribution in [0.1, 0.15) is 44.2 Å². The first-order valence-electron chi connectivity index (χ1n) is 7.02. The fourth-order valence-corrected chi connectivity index (χ4v) is 2.35. The van der Waals surface area contributed by atoms with Crippen LogP contribution in [0.25, 0.3) is 0 Å². The van der Waals surface area contributed by atoms with Crippen LogP contribution in [-0.4, -0.2) is 23.3 Å². The van der Waals surface area contributed by atoms with Gasteiger partial charge in [0.05, 0.1) is 0 Å². The van der Waals surface area contributed by atoms with Gasteiger partial charge in [-0.1, -0.05) is 17.7 Å². The third-order valence-corrected chi connectivity index (χ3v) is 3.41. The van der Waals surface area contributed by atoms with Crippen molar-refractivity contribution in [2.45, 2.75) is 45.6 Å². The molecule has 2 atom stereocenters. The van der Waals surface area contributed by atoms with E-state index in [1.54, 1.807) is 6.07 Å². The number of aryl methyl sites for hydroxylation is 1. The van der Waals surface area contributed by atoms with Crippen molar-refractivity contribution in [2.24, 2.45) is 5.92 Å². The van der Waals surface area contributed by atoms with Crippen molar-refractivity contribution in [3.63, 3.8) is 0 Å². The highest BCUT2D eigenvalue weighted by Crippen LogP contribution is 2.49. The number of phenols is 1. The van der Waals surface area contributed by atoms with Crippen LogP contribution in [0.4, 0.5) is 4.79 Å². The summed E-state index contributed by atoms with van der Waals surface area (Å²) >= 11 is 0. The van der Waals surface area contributed by atoms with Crippen molar-refractivity contribution < 1.29 is 14.6 Å². The van der Waals surface area contributed by atoms with Crippen molar-refractivity contribution in [1.29, 1.82) is 0 Å². The lowest BCUT2D eigenvalue weighted by molar-refractivity contribution is 0.0525. The molecule has 2 rings (SSSR count). The van der Waals surface area contributed by atoms with E-state index in [1.165, 1.54) is 0 Å². The average molecular weight is 277 g/mol. The number of carbonyl (C=O) groups is 1. The summed E-state index contributed by atoms with van der Waals surface area (Å²) in [6.07, 6.45) is 0.615. The Morgan fingerprint density at radius 2 is 2.15 bits per heavy atom. The van der Waals surface area contributed by atoms with Crippen molar-refractivity contribution in [1.82, 2.24) is 5.32 Å². The smallest absolute Gasteiger partial charge is 0.407 e. The molecule has 20 heavy (non-hydrogen) atoms. The summed E-state index contributed by atoms with van der Waals surface area (Å²) in [6.45, 7) is 8.14. The van der Waals surface area contributed by atoms with Crippen LogP contribution in [0.5, 0.6) is 5.75 Å². The predicted molar refractivity (Wildman–Crippen MR) is 77.9 cm³/mol. The van der Waals surface area contributed by atoms with E-state index in [1.807, 2.05) is 39.8 Å². The lowest BCUT2D eigenvalue weighted by Gasteiger charge is -2.19. The first kappa shape index (κ1) is 14.7. The van der Waals surface area contributed by atoms with Gasteiger partial charge in [0.15, 0.2) is 0 Å². The van der Waals surface area contributed by atoms with Gasteiger partial charge in [0.1, 0.15) is 11.4 Å². The number of amides is 1. The minimum absolute atomic E-state index is 0.338. The highest BCUT2D eigenvalue weighted by Gasteiger charge is 2.40. The Morgan fingerprint density at radius 3 is 2.80 bits per heavy atom. The van der Waals surface area contributed by atoms with Gasteiger partial charge in [-0.15, -0.1) is 0 Å². The normalized spacial score (nSPS) is 21.4. The maximum absolute atomic E-state index is 11.6. The molecule has 1 fully saturated rings. The summed E-state index contributed by atoms with van der Waals surface area (Å²) in [5.41, 5.74) is 1.66. The molecule has 0 aliphatic heterocycles. The maximum Gasteiger partial charge on any atom is 0.407 e. The van der Waals surface area contributed by atoms with Crippen molar-refractivity contribution >= 4 is 6.09 Å². The summed E-state index contributed by atoms with van der Waals surface area (Å²) in [4.78, 5) is 11.6. The molecule has 2 unspecified atom stereocenters. The number of benzene rings is 1. The van der Waals surface area contributed by atoms with Gasteiger partial charge in [0, 0.05) is 6.54 Å². The third-order valence-electron chi connectivity index (χ3n) is 3.41. The van der Waals surface area contributed by atoms with Crippen LogP contribution in [-0.2, 0) is 4.74 Å². The fraction of sp³-hybridized carbons (Fsp3) is 0.562. The second-order valence-electron chi connectivity index (χ2n) is 6.55. The molecule has 1 aromatic rings. The zero-order valence-corrected chi connectivity index (χ0v) is 12.6. The lowest BCUT2D eigenvalue weighted by Crippen LogP contribution is -2.33. The molecule has 0 heterocycles. The first-order chi connectivity index (χ1) is 9.26. The van der Waals surface area contributed by atoms with E-state index in [-0.39, 0.29) is 6.09 Å². The van der Waals surface area contributed by atoms with Crippen LogP contribution in [0.2, 0.25) is 0 Å². The van der Waals surface area contributed by atoms with Gasteiger partial charge in [-0.25, -0.2) is 4.79 Å². The van der Waals surface area contributed by atoms with Gasteiger partial charge in [-0.3, -0.25) is 0 Å². The van der Waals surface area contributed by atoms with Crippen molar-refractivity contribution in [3.8, 4) is 5.75 Å². The quantitative estimate of drug-likeness (QED) is 0.891. The van der Waals surface area contributed by atoms with E-state index in [9.17, 15) is 9.90 Å². The number of aromatic hydroxyl groups is 1. The lowest BCUT2D eigenvalue weighted by atomic mass is 10.1. The van der Waals surface area contributed by atoms with Gasteiger partial charge < -0.3 is 15.2 Å². The minimum Gasteiger partial charge on any atom is -0.508 e. The van der Waals surface area contributed by atoms with E-state index in [2.05, 4.69) is 5.32 Å². The first-order valence-corrected chi connectivity index (χ1v) is 7.02. The summed E-state index contributed by atoms with van der Waals surface area (Å²) in [5.74, 6) is 1.07. The number of nitrogens with one attached hydrogen (secondary N) is 1. The molecule has 1 saturated carbocycles. The number of ether oxygens (including phenoxy) is 1. The second kappa shape index (κ2) is 5.35. The molecule has 0 bridgehead atoms. The van der Waals surface area contributed by atoms with E-state index < -0.39 is 5.60 Å². The zero-order chi connectivity index (χ0) is 14.9. The number of phenolic OH excluding ortho intramolecular Hbond substituents is 1. The Bertz CT molecular complexity index is 505. The number of hydrogen-bond acceptors (Lipinski definition) is 3. The summed E-state index contributed by atoms with van der Waals surface area (Å²) in [7, 11) is 0. The molecule has 4 heteroatoms. The Labute approximate surface area is 120 Å². The Morgan fingerprint density at radius 1 is 1.45 bits per heavy atom. The SMILES string of the molecule is Cc1ccc(O)c(C2CC2CNC(=O)OC(C)(C)C)c1. The zero-order valence-electron chi connectivity index (χ0n) is 12.6. The second-order valence-corrected chi connectivity index (χ2v) is 6.55. The van der Waals surface area contributed by atoms with E-state index in [0.29, 0.717) is 24.1 Å². The van der Waals surface area contributed by atoms with Crippen LogP contribution in [0.3, 0.4) is 0 Å². The summed E-state index contributed by atoms with van der Waals surface area (Å²) < 4.78 is 5.20. The molecule has 0 radical (unpaired) electrons. The molecule has 1 amide bonds. The molecular weight excluding hydrogens is 254 g/mol. The molecule has 1 aliphatic carbocycles. The molecule has 2 N–H and O–H groups in total. The molecule has 110 valence electrons. The molecular formula is C16H23NO3. The molecule has 1 aliphatic rings. The fourth-order valence-electron chi connectivity index (χ4n) is 2.35. The van der Waals surface area contributed by atoms with Gasteiger partial charge >= 0.3 is 6.09 Å². The Hall–Kier alpha value is -1.71. The molecule has 4 nitrogen and oxygen atoms in total. The van der Waals surface area contributed by atoms with Crippen LogP contribution < -0.4 is 5.32 Å². The summed E-state index contributed by atoms with van der Waals surface area (Å²) in [5, 5.41) is 12.7. The molecule has 0 aromatic heterocycles. The number of rotatable bonds is 3. The number of carbonyl (C=O) groups excluding carboxylic acids is 1. The van der Waals surface area contributed by atoms with Gasteiger partial charge in [-0.2, -0.15) is 0 Å². The molecule has 0 spiro atoms. The molecule has 1 aromatic carbocycles. The van der Waals surface area contributed by atoms with E-state index >= 15 is 0 Å².